The SMILES string of the molecule is CCn1cccc1CNCCc1cccc(C)c1. The van der Waals surface area contributed by atoms with Gasteiger partial charge in [0.2, 0.25) is 0 Å². The van der Waals surface area contributed by atoms with Gasteiger partial charge < -0.3 is 9.88 Å². The zero-order valence-electron chi connectivity index (χ0n) is 11.3. The third-order valence-electron chi connectivity index (χ3n) is 3.24. The van der Waals surface area contributed by atoms with Gasteiger partial charge in [0.1, 0.15) is 0 Å². The van der Waals surface area contributed by atoms with Gasteiger partial charge in [-0.05, 0) is 44.5 Å². The van der Waals surface area contributed by atoms with Crippen LogP contribution in [0, 0.1) is 6.92 Å². The van der Waals surface area contributed by atoms with Crippen LogP contribution in [0.4, 0.5) is 0 Å². The predicted octanol–water partition coefficient (Wildman–Crippen LogP) is 3.15. The van der Waals surface area contributed by atoms with E-state index >= 15 is 0 Å². The Morgan fingerprint density at radius 3 is 2.83 bits per heavy atom. The Bertz CT molecular complexity index is 485. The van der Waals surface area contributed by atoms with Gasteiger partial charge in [-0.25, -0.2) is 0 Å². The van der Waals surface area contributed by atoms with Gasteiger partial charge in [-0.1, -0.05) is 29.8 Å². The molecule has 0 aliphatic heterocycles. The lowest BCUT2D eigenvalue weighted by atomic mass is 10.1. The summed E-state index contributed by atoms with van der Waals surface area (Å²) in [6, 6.07) is 13.0. The number of aromatic nitrogens is 1. The van der Waals surface area contributed by atoms with E-state index < -0.39 is 0 Å². The standard InChI is InChI=1S/C16H22N2/c1-3-18-11-5-8-16(18)13-17-10-9-15-7-4-6-14(2)12-15/h4-8,11-12,17H,3,9-10,13H2,1-2H3. The molecule has 1 aromatic heterocycles. The number of rotatable bonds is 6. The van der Waals surface area contributed by atoms with Crippen LogP contribution in [0.15, 0.2) is 42.6 Å². The van der Waals surface area contributed by atoms with Crippen LogP contribution in [0.3, 0.4) is 0 Å². The molecule has 0 saturated heterocycles. The summed E-state index contributed by atoms with van der Waals surface area (Å²) in [7, 11) is 0. The molecule has 0 amide bonds. The predicted molar refractivity (Wildman–Crippen MR) is 76.7 cm³/mol. The molecule has 0 aliphatic rings. The van der Waals surface area contributed by atoms with E-state index in [9.17, 15) is 0 Å². The number of nitrogens with zero attached hydrogens (tertiary/aromatic N) is 1. The number of nitrogens with one attached hydrogen (secondary N) is 1. The fraction of sp³-hybridized carbons (Fsp3) is 0.375. The second-order valence-electron chi connectivity index (χ2n) is 4.70. The third kappa shape index (κ3) is 3.47. The second-order valence-corrected chi connectivity index (χ2v) is 4.70. The quantitative estimate of drug-likeness (QED) is 0.770. The number of benzene rings is 1. The molecule has 0 fully saturated rings. The summed E-state index contributed by atoms with van der Waals surface area (Å²) in [4.78, 5) is 0. The molecule has 0 bridgehead atoms. The summed E-state index contributed by atoms with van der Waals surface area (Å²) in [6.07, 6.45) is 3.23. The maximum absolute atomic E-state index is 3.51. The number of hydrogen-bond acceptors (Lipinski definition) is 1. The highest BCUT2D eigenvalue weighted by Crippen LogP contribution is 2.05. The van der Waals surface area contributed by atoms with Gasteiger partial charge in [-0.3, -0.25) is 0 Å². The molecule has 1 heterocycles. The summed E-state index contributed by atoms with van der Waals surface area (Å²) in [5.41, 5.74) is 4.11. The molecule has 2 rings (SSSR count). The van der Waals surface area contributed by atoms with Crippen molar-refractivity contribution in [3.63, 3.8) is 0 Å². The van der Waals surface area contributed by atoms with E-state index in [1.807, 2.05) is 0 Å². The summed E-state index contributed by atoms with van der Waals surface area (Å²) in [6.45, 7) is 7.34. The Hall–Kier alpha value is -1.54. The van der Waals surface area contributed by atoms with Crippen LogP contribution >= 0.6 is 0 Å². The van der Waals surface area contributed by atoms with E-state index in [0.29, 0.717) is 0 Å². The van der Waals surface area contributed by atoms with E-state index in [-0.39, 0.29) is 0 Å². The largest absolute Gasteiger partial charge is 0.351 e. The minimum atomic E-state index is 0.951. The van der Waals surface area contributed by atoms with Gasteiger partial charge in [0.25, 0.3) is 0 Å². The summed E-state index contributed by atoms with van der Waals surface area (Å²) >= 11 is 0. The molecular weight excluding hydrogens is 220 g/mol. The van der Waals surface area contributed by atoms with Crippen molar-refractivity contribution in [3.05, 3.63) is 59.4 Å². The first kappa shape index (κ1) is 12.9. The van der Waals surface area contributed by atoms with Crippen LogP contribution in [-0.2, 0) is 19.5 Å². The highest BCUT2D eigenvalue weighted by molar-refractivity contribution is 5.22. The van der Waals surface area contributed by atoms with E-state index in [4.69, 9.17) is 0 Å². The number of aryl methyl sites for hydroxylation is 2. The molecule has 0 atom stereocenters. The van der Waals surface area contributed by atoms with Crippen LogP contribution in [0.25, 0.3) is 0 Å². The third-order valence-corrected chi connectivity index (χ3v) is 3.24. The number of hydrogen-bond donors (Lipinski definition) is 1. The minimum Gasteiger partial charge on any atom is -0.351 e. The minimum absolute atomic E-state index is 0.951. The Labute approximate surface area is 110 Å². The molecule has 96 valence electrons. The van der Waals surface area contributed by atoms with Crippen molar-refractivity contribution < 1.29 is 0 Å². The van der Waals surface area contributed by atoms with Crippen molar-refractivity contribution in [2.75, 3.05) is 6.54 Å². The highest BCUT2D eigenvalue weighted by Gasteiger charge is 1.98. The van der Waals surface area contributed by atoms with Crippen molar-refractivity contribution in [2.24, 2.45) is 0 Å². The fourth-order valence-corrected chi connectivity index (χ4v) is 2.24. The first-order chi connectivity index (χ1) is 8.79. The maximum Gasteiger partial charge on any atom is 0.0359 e. The molecule has 0 radical (unpaired) electrons. The van der Waals surface area contributed by atoms with Crippen LogP contribution in [0.1, 0.15) is 23.7 Å². The first-order valence-corrected chi connectivity index (χ1v) is 6.70. The van der Waals surface area contributed by atoms with E-state index in [2.05, 4.69) is 66.3 Å². The van der Waals surface area contributed by atoms with Crippen molar-refractivity contribution in [3.8, 4) is 0 Å². The van der Waals surface area contributed by atoms with Crippen LogP contribution in [-0.4, -0.2) is 11.1 Å². The lowest BCUT2D eigenvalue weighted by molar-refractivity contribution is 0.628. The molecule has 2 aromatic rings. The van der Waals surface area contributed by atoms with E-state index in [0.717, 1.165) is 26.1 Å². The molecule has 0 aliphatic carbocycles. The molecule has 0 saturated carbocycles. The smallest absolute Gasteiger partial charge is 0.0359 e. The van der Waals surface area contributed by atoms with E-state index in [1.54, 1.807) is 0 Å². The summed E-state index contributed by atoms with van der Waals surface area (Å²) in [5, 5.41) is 3.51. The first-order valence-electron chi connectivity index (χ1n) is 6.70. The molecule has 1 N–H and O–H groups in total. The Morgan fingerprint density at radius 2 is 2.06 bits per heavy atom. The van der Waals surface area contributed by atoms with Crippen molar-refractivity contribution in [1.29, 1.82) is 0 Å². The van der Waals surface area contributed by atoms with Crippen molar-refractivity contribution in [1.82, 2.24) is 9.88 Å². The summed E-state index contributed by atoms with van der Waals surface area (Å²) in [5.74, 6) is 0. The molecule has 2 nitrogen and oxygen atoms in total. The van der Waals surface area contributed by atoms with E-state index in [1.165, 1.54) is 16.8 Å². The lowest BCUT2D eigenvalue weighted by Gasteiger charge is -2.08. The average Bonchev–Trinajstić information content (AvgIpc) is 2.82. The van der Waals surface area contributed by atoms with Gasteiger partial charge in [0.05, 0.1) is 0 Å². The molecule has 2 heteroatoms. The monoisotopic (exact) mass is 242 g/mol. The normalized spacial score (nSPS) is 10.8. The second kappa shape index (κ2) is 6.41. The van der Waals surface area contributed by atoms with Gasteiger partial charge in [-0.2, -0.15) is 0 Å². The fourth-order valence-electron chi connectivity index (χ4n) is 2.24. The maximum atomic E-state index is 3.51. The van der Waals surface area contributed by atoms with Crippen LogP contribution in [0.2, 0.25) is 0 Å². The van der Waals surface area contributed by atoms with Crippen molar-refractivity contribution >= 4 is 0 Å². The Kier molecular flexibility index (Phi) is 4.59. The molecule has 1 aromatic carbocycles. The van der Waals surface area contributed by atoms with Crippen LogP contribution < -0.4 is 5.32 Å². The Morgan fingerprint density at radius 1 is 1.17 bits per heavy atom. The van der Waals surface area contributed by atoms with Gasteiger partial charge in [-0.15, -0.1) is 0 Å². The Balaban J connectivity index is 1.76. The zero-order valence-corrected chi connectivity index (χ0v) is 11.3. The van der Waals surface area contributed by atoms with Crippen molar-refractivity contribution in [2.45, 2.75) is 33.4 Å². The van der Waals surface area contributed by atoms with Gasteiger partial charge in [0, 0.05) is 25.0 Å². The zero-order chi connectivity index (χ0) is 12.8. The molecular formula is C16H22N2. The van der Waals surface area contributed by atoms with Gasteiger partial charge >= 0.3 is 0 Å². The average molecular weight is 242 g/mol. The van der Waals surface area contributed by atoms with Gasteiger partial charge in [0.15, 0.2) is 0 Å². The van der Waals surface area contributed by atoms with Crippen LogP contribution in [0.5, 0.6) is 0 Å². The summed E-state index contributed by atoms with van der Waals surface area (Å²) < 4.78 is 2.28. The lowest BCUT2D eigenvalue weighted by Crippen LogP contribution is -2.18. The molecule has 0 unspecified atom stereocenters. The molecule has 0 spiro atoms. The highest BCUT2D eigenvalue weighted by atomic mass is 15.0. The topological polar surface area (TPSA) is 17.0 Å². The molecule has 18 heavy (non-hydrogen) atoms.